The Balaban J connectivity index is 2.92. The Hall–Kier alpha value is -1.92. The zero-order valence-corrected chi connectivity index (χ0v) is 11.3. The molecule has 1 heterocycles. The Morgan fingerprint density at radius 1 is 1.26 bits per heavy atom. The summed E-state index contributed by atoms with van der Waals surface area (Å²) in [5.41, 5.74) is -1.22. The van der Waals surface area contributed by atoms with E-state index >= 15 is 0 Å². The van der Waals surface area contributed by atoms with Crippen LogP contribution in [0.25, 0.3) is 0 Å². The van der Waals surface area contributed by atoms with Crippen molar-refractivity contribution in [3.05, 3.63) is 0 Å². The molecule has 0 aromatic heterocycles. The lowest BCUT2D eigenvalue weighted by molar-refractivity contribution is -0.152. The fourth-order valence-electron chi connectivity index (χ4n) is 2.11. The van der Waals surface area contributed by atoms with E-state index in [1.54, 1.807) is 13.8 Å². The average Bonchev–Trinajstić information content (AvgIpc) is 2.39. The summed E-state index contributed by atoms with van der Waals surface area (Å²) in [6.45, 7) is 3.34. The number of ether oxygens (including phenoxy) is 1. The standard InChI is InChI=1S/C12H18N2O5/c1-4-12(5-2)9(16)13-11(18)14(10(12)17)7-6-8(15)19-3/h4-7H2,1-3H3,(H,13,16,18). The third-order valence-electron chi connectivity index (χ3n) is 3.53. The Morgan fingerprint density at radius 2 is 1.84 bits per heavy atom. The molecule has 0 aliphatic carbocycles. The number of nitrogens with zero attached hydrogens (tertiary/aromatic N) is 1. The molecule has 1 N–H and O–H groups in total. The van der Waals surface area contributed by atoms with Crippen LogP contribution in [0.1, 0.15) is 33.1 Å². The van der Waals surface area contributed by atoms with Crippen molar-refractivity contribution in [2.45, 2.75) is 33.1 Å². The molecule has 1 fully saturated rings. The van der Waals surface area contributed by atoms with Crippen LogP contribution in [0.15, 0.2) is 0 Å². The number of esters is 1. The van der Waals surface area contributed by atoms with Crippen LogP contribution in [-0.4, -0.2) is 42.4 Å². The van der Waals surface area contributed by atoms with Gasteiger partial charge in [0.05, 0.1) is 13.5 Å². The Bertz CT molecular complexity index is 414. The summed E-state index contributed by atoms with van der Waals surface area (Å²) in [6, 6.07) is -0.781. The second-order valence-corrected chi connectivity index (χ2v) is 4.33. The number of carbonyl (C=O) groups excluding carboxylic acids is 4. The number of hydrogen-bond acceptors (Lipinski definition) is 5. The molecular weight excluding hydrogens is 252 g/mol. The lowest BCUT2D eigenvalue weighted by Crippen LogP contribution is -2.63. The molecule has 7 nitrogen and oxygen atoms in total. The van der Waals surface area contributed by atoms with E-state index in [0.29, 0.717) is 12.8 Å². The van der Waals surface area contributed by atoms with E-state index in [1.165, 1.54) is 7.11 Å². The number of imide groups is 2. The van der Waals surface area contributed by atoms with Crippen molar-refractivity contribution < 1.29 is 23.9 Å². The fourth-order valence-corrected chi connectivity index (χ4v) is 2.11. The lowest BCUT2D eigenvalue weighted by atomic mass is 9.78. The zero-order valence-electron chi connectivity index (χ0n) is 11.3. The summed E-state index contributed by atoms with van der Waals surface area (Å²) >= 11 is 0. The summed E-state index contributed by atoms with van der Waals surface area (Å²) in [5.74, 6) is -1.63. The van der Waals surface area contributed by atoms with Gasteiger partial charge in [-0.2, -0.15) is 0 Å². The number of nitrogens with one attached hydrogen (secondary N) is 1. The maximum atomic E-state index is 12.3. The first-order valence-corrected chi connectivity index (χ1v) is 6.17. The van der Waals surface area contributed by atoms with Gasteiger partial charge in [0, 0.05) is 6.54 Å². The molecule has 0 spiro atoms. The molecule has 19 heavy (non-hydrogen) atoms. The molecule has 7 heteroatoms. The molecule has 0 unspecified atom stereocenters. The van der Waals surface area contributed by atoms with Crippen LogP contribution in [-0.2, 0) is 19.1 Å². The third-order valence-corrected chi connectivity index (χ3v) is 3.53. The molecule has 1 aliphatic heterocycles. The van der Waals surface area contributed by atoms with Crippen LogP contribution in [0.3, 0.4) is 0 Å². The minimum Gasteiger partial charge on any atom is -0.469 e. The highest BCUT2D eigenvalue weighted by atomic mass is 16.5. The molecule has 106 valence electrons. The number of urea groups is 1. The molecule has 0 atom stereocenters. The van der Waals surface area contributed by atoms with Crippen LogP contribution in [0.4, 0.5) is 4.79 Å². The van der Waals surface area contributed by atoms with E-state index in [-0.39, 0.29) is 13.0 Å². The van der Waals surface area contributed by atoms with Crippen molar-refractivity contribution in [1.29, 1.82) is 0 Å². The minimum absolute atomic E-state index is 0.0899. The van der Waals surface area contributed by atoms with Crippen molar-refractivity contribution in [2.75, 3.05) is 13.7 Å². The average molecular weight is 270 g/mol. The van der Waals surface area contributed by atoms with Gasteiger partial charge in [-0.05, 0) is 12.8 Å². The van der Waals surface area contributed by atoms with Gasteiger partial charge in [0.15, 0.2) is 0 Å². The molecular formula is C12H18N2O5. The van der Waals surface area contributed by atoms with Crippen LogP contribution in [0, 0.1) is 5.41 Å². The van der Waals surface area contributed by atoms with E-state index < -0.39 is 29.2 Å². The van der Waals surface area contributed by atoms with Crippen LogP contribution in [0.5, 0.6) is 0 Å². The van der Waals surface area contributed by atoms with E-state index in [4.69, 9.17) is 0 Å². The minimum atomic E-state index is -1.22. The van der Waals surface area contributed by atoms with Crippen molar-refractivity contribution in [3.8, 4) is 0 Å². The van der Waals surface area contributed by atoms with Gasteiger partial charge >= 0.3 is 12.0 Å². The number of carbonyl (C=O) groups is 4. The SMILES string of the molecule is CCC1(CC)C(=O)NC(=O)N(CCC(=O)OC)C1=O. The quantitative estimate of drug-likeness (QED) is 0.578. The molecule has 4 amide bonds. The number of barbiturate groups is 1. The van der Waals surface area contributed by atoms with Gasteiger partial charge < -0.3 is 4.74 Å². The predicted molar refractivity (Wildman–Crippen MR) is 64.9 cm³/mol. The first-order valence-electron chi connectivity index (χ1n) is 6.17. The Morgan fingerprint density at radius 3 is 2.32 bits per heavy atom. The highest BCUT2D eigenvalue weighted by Gasteiger charge is 2.51. The third kappa shape index (κ3) is 2.59. The van der Waals surface area contributed by atoms with Gasteiger partial charge in [-0.15, -0.1) is 0 Å². The van der Waals surface area contributed by atoms with Crippen LogP contribution >= 0.6 is 0 Å². The van der Waals surface area contributed by atoms with E-state index in [9.17, 15) is 19.2 Å². The second-order valence-electron chi connectivity index (χ2n) is 4.33. The molecule has 1 aliphatic rings. The van der Waals surface area contributed by atoms with Crippen molar-refractivity contribution >= 4 is 23.8 Å². The van der Waals surface area contributed by atoms with Gasteiger partial charge in [0.2, 0.25) is 11.8 Å². The molecule has 1 rings (SSSR count). The molecule has 0 saturated carbocycles. The monoisotopic (exact) mass is 270 g/mol. The normalized spacial score (nSPS) is 18.3. The number of rotatable bonds is 5. The van der Waals surface area contributed by atoms with E-state index in [2.05, 4.69) is 10.1 Å². The maximum Gasteiger partial charge on any atom is 0.330 e. The highest BCUT2D eigenvalue weighted by molar-refractivity contribution is 6.19. The zero-order chi connectivity index (χ0) is 14.6. The van der Waals surface area contributed by atoms with Crippen LogP contribution in [0.2, 0.25) is 0 Å². The van der Waals surface area contributed by atoms with Gasteiger partial charge in [0.1, 0.15) is 5.41 Å². The smallest absolute Gasteiger partial charge is 0.330 e. The summed E-state index contributed by atoms with van der Waals surface area (Å²) in [6.07, 6.45) is 0.514. The Kier molecular flexibility index (Phi) is 4.63. The first-order chi connectivity index (χ1) is 8.92. The summed E-state index contributed by atoms with van der Waals surface area (Å²) < 4.78 is 4.46. The summed E-state index contributed by atoms with van der Waals surface area (Å²) in [5, 5.41) is 2.17. The fraction of sp³-hybridized carbons (Fsp3) is 0.667. The first kappa shape index (κ1) is 15.1. The molecule has 1 saturated heterocycles. The molecule has 0 radical (unpaired) electrons. The predicted octanol–water partition coefficient (Wildman–Crippen LogP) is 0.434. The lowest BCUT2D eigenvalue weighted by Gasteiger charge is -2.38. The van der Waals surface area contributed by atoms with Gasteiger partial charge in [0.25, 0.3) is 0 Å². The van der Waals surface area contributed by atoms with Gasteiger partial charge in [-0.3, -0.25) is 24.6 Å². The maximum absolute atomic E-state index is 12.3. The van der Waals surface area contributed by atoms with Crippen molar-refractivity contribution in [2.24, 2.45) is 5.41 Å². The van der Waals surface area contributed by atoms with Gasteiger partial charge in [-0.25, -0.2) is 4.79 Å². The number of amides is 4. The second kappa shape index (κ2) is 5.81. The van der Waals surface area contributed by atoms with Crippen molar-refractivity contribution in [3.63, 3.8) is 0 Å². The number of hydrogen-bond donors (Lipinski definition) is 1. The Labute approximate surface area is 111 Å². The highest BCUT2D eigenvalue weighted by Crippen LogP contribution is 2.32. The topological polar surface area (TPSA) is 92.8 Å². The van der Waals surface area contributed by atoms with E-state index in [1.807, 2.05) is 0 Å². The van der Waals surface area contributed by atoms with E-state index in [0.717, 1.165) is 4.90 Å². The van der Waals surface area contributed by atoms with Crippen LogP contribution < -0.4 is 5.32 Å². The molecule has 0 bridgehead atoms. The van der Waals surface area contributed by atoms with Crippen molar-refractivity contribution in [1.82, 2.24) is 10.2 Å². The summed E-state index contributed by atoms with van der Waals surface area (Å²) in [4.78, 5) is 47.8. The molecule has 0 aromatic rings. The number of methoxy groups -OCH3 is 1. The van der Waals surface area contributed by atoms with Gasteiger partial charge in [-0.1, -0.05) is 13.8 Å². The summed E-state index contributed by atoms with van der Waals surface area (Å²) in [7, 11) is 1.23. The molecule has 0 aromatic carbocycles. The largest absolute Gasteiger partial charge is 0.469 e.